The molecule has 0 fully saturated rings. The van der Waals surface area contributed by atoms with Gasteiger partial charge in [-0.05, 0) is 99.6 Å². The smallest absolute Gasteiger partial charge is 0.268 e. The van der Waals surface area contributed by atoms with Crippen LogP contribution in [0.1, 0.15) is 20.7 Å². The summed E-state index contributed by atoms with van der Waals surface area (Å²) >= 11 is 0. The summed E-state index contributed by atoms with van der Waals surface area (Å²) in [6, 6.07) is 58.8. The summed E-state index contributed by atoms with van der Waals surface area (Å²) in [5.74, 6) is -0.772. The number of fused-ring (bicyclic) bond motifs is 4. The topological polar surface area (TPSA) is 51.0 Å². The Labute approximate surface area is 334 Å². The van der Waals surface area contributed by atoms with Crippen LogP contribution in [-0.2, 0) is 0 Å². The predicted octanol–water partition coefficient (Wildman–Crippen LogP) is 13.4. The Kier molecular flexibility index (Phi) is 8.11. The number of anilines is 1. The Morgan fingerprint density at radius 1 is 0.379 bits per heavy atom. The van der Waals surface area contributed by atoms with E-state index in [1.165, 1.54) is 4.90 Å². The minimum Gasteiger partial charge on any atom is -0.308 e. The summed E-state index contributed by atoms with van der Waals surface area (Å²) in [7, 11) is 0. The quantitative estimate of drug-likeness (QED) is 0.126. The first-order chi connectivity index (χ1) is 28.5. The molecule has 0 bridgehead atoms. The van der Waals surface area contributed by atoms with Crippen LogP contribution in [0.4, 0.5) is 17.1 Å². The number of carbonyl (C=O) groups is 2. The fourth-order valence-corrected chi connectivity index (χ4v) is 8.21. The van der Waals surface area contributed by atoms with Crippen molar-refractivity contribution in [2.75, 3.05) is 4.90 Å². The van der Waals surface area contributed by atoms with Crippen molar-refractivity contribution in [3.63, 3.8) is 0 Å². The van der Waals surface area contributed by atoms with Crippen molar-refractivity contribution in [1.29, 1.82) is 0 Å². The number of nitrogens with zero attached hydrogens (tertiary/aromatic N) is 4. The van der Waals surface area contributed by atoms with Gasteiger partial charge in [-0.1, -0.05) is 121 Å². The summed E-state index contributed by atoms with van der Waals surface area (Å²) in [6.07, 6.45) is 0. The van der Waals surface area contributed by atoms with E-state index in [0.717, 1.165) is 66.3 Å². The molecule has 1 aromatic heterocycles. The van der Waals surface area contributed by atoms with E-state index in [9.17, 15) is 9.59 Å². The van der Waals surface area contributed by atoms with Crippen LogP contribution in [0.3, 0.4) is 0 Å². The highest BCUT2D eigenvalue weighted by Crippen LogP contribution is 2.43. The van der Waals surface area contributed by atoms with Crippen LogP contribution in [0, 0.1) is 13.1 Å². The molecule has 10 rings (SSSR count). The van der Waals surface area contributed by atoms with E-state index < -0.39 is 5.91 Å². The predicted molar refractivity (Wildman–Crippen MR) is 233 cm³/mol. The number of rotatable bonds is 6. The molecule has 58 heavy (non-hydrogen) atoms. The van der Waals surface area contributed by atoms with E-state index in [0.29, 0.717) is 33.9 Å². The highest BCUT2D eigenvalue weighted by Gasteiger charge is 2.40. The normalized spacial score (nSPS) is 12.1. The van der Waals surface area contributed by atoms with Gasteiger partial charge in [-0.15, -0.1) is 0 Å². The van der Waals surface area contributed by atoms with E-state index in [1.807, 2.05) is 152 Å². The molecule has 0 radical (unpaired) electrons. The molecule has 1 aliphatic heterocycles. The van der Waals surface area contributed by atoms with Crippen LogP contribution in [-0.4, -0.2) is 16.4 Å². The molecular weight excluding hydrogens is 713 g/mol. The molecule has 0 saturated heterocycles. The average Bonchev–Trinajstić information content (AvgIpc) is 3.75. The second-order valence-electron chi connectivity index (χ2n) is 14.2. The third-order valence-electron chi connectivity index (χ3n) is 10.9. The summed E-state index contributed by atoms with van der Waals surface area (Å²) in [5.41, 5.74) is 12.0. The molecule has 0 N–H and O–H groups in total. The molecule has 6 nitrogen and oxygen atoms in total. The van der Waals surface area contributed by atoms with Gasteiger partial charge in [0.15, 0.2) is 11.4 Å². The highest BCUT2D eigenvalue weighted by atomic mass is 16.2. The fourth-order valence-electron chi connectivity index (χ4n) is 8.21. The lowest BCUT2D eigenvalue weighted by atomic mass is 9.97. The number of imide groups is 1. The first-order valence-corrected chi connectivity index (χ1v) is 18.8. The lowest BCUT2D eigenvalue weighted by molar-refractivity contribution is 0.0926. The molecule has 6 heteroatoms. The second-order valence-corrected chi connectivity index (χ2v) is 14.2. The molecule has 0 atom stereocenters. The maximum atomic E-state index is 15.0. The van der Waals surface area contributed by atoms with E-state index >= 15 is 0 Å². The van der Waals surface area contributed by atoms with Gasteiger partial charge in [0.05, 0.1) is 46.7 Å². The van der Waals surface area contributed by atoms with Gasteiger partial charge in [-0.2, -0.15) is 0 Å². The Morgan fingerprint density at radius 3 is 1.47 bits per heavy atom. The minimum atomic E-state index is -0.393. The summed E-state index contributed by atoms with van der Waals surface area (Å²) in [4.78, 5) is 38.2. The summed E-state index contributed by atoms with van der Waals surface area (Å²) in [5, 5.41) is 1.89. The van der Waals surface area contributed by atoms with Crippen LogP contribution in [0.25, 0.3) is 81.7 Å². The third-order valence-corrected chi connectivity index (χ3v) is 10.9. The lowest BCUT2D eigenvalue weighted by Crippen LogP contribution is -2.30. The Bertz CT molecular complexity index is 3130. The Hall–Kier alpha value is -8.32. The van der Waals surface area contributed by atoms with Crippen molar-refractivity contribution in [2.45, 2.75) is 0 Å². The highest BCUT2D eigenvalue weighted by molar-refractivity contribution is 6.36. The molecule has 0 aliphatic carbocycles. The van der Waals surface area contributed by atoms with E-state index in [1.54, 1.807) is 18.2 Å². The lowest BCUT2D eigenvalue weighted by Gasteiger charge is -2.20. The monoisotopic (exact) mass is 742 g/mol. The molecule has 9 aromatic rings. The van der Waals surface area contributed by atoms with Gasteiger partial charge in [0, 0.05) is 16.3 Å². The second kappa shape index (κ2) is 13.8. The molecule has 8 aromatic carbocycles. The number of benzene rings is 8. The maximum Gasteiger partial charge on any atom is 0.268 e. The summed E-state index contributed by atoms with van der Waals surface area (Å²) in [6.45, 7) is 15.2. The number of hydrogen-bond acceptors (Lipinski definition) is 2. The van der Waals surface area contributed by atoms with Crippen molar-refractivity contribution in [3.8, 4) is 50.2 Å². The minimum absolute atomic E-state index is 0.333. The van der Waals surface area contributed by atoms with Crippen molar-refractivity contribution >= 4 is 50.7 Å². The third kappa shape index (κ3) is 5.56. The zero-order valence-electron chi connectivity index (χ0n) is 30.9. The maximum absolute atomic E-state index is 15.0. The van der Waals surface area contributed by atoms with Crippen LogP contribution >= 0.6 is 0 Å². The van der Waals surface area contributed by atoms with Crippen molar-refractivity contribution in [2.24, 2.45) is 0 Å². The van der Waals surface area contributed by atoms with Gasteiger partial charge in [-0.25, -0.2) is 14.6 Å². The Balaban J connectivity index is 1.17. The van der Waals surface area contributed by atoms with Crippen LogP contribution in [0.15, 0.2) is 182 Å². The number of amides is 2. The first-order valence-electron chi connectivity index (χ1n) is 18.8. The first kappa shape index (κ1) is 34.2. The van der Waals surface area contributed by atoms with Crippen LogP contribution in [0.2, 0.25) is 0 Å². The van der Waals surface area contributed by atoms with Crippen molar-refractivity contribution < 1.29 is 9.59 Å². The molecule has 0 spiro atoms. The van der Waals surface area contributed by atoms with E-state index in [-0.39, 0.29) is 5.91 Å². The number of hydrogen-bond donors (Lipinski definition) is 0. The molecule has 0 unspecified atom stereocenters. The fraction of sp³-hybridized carbons (Fsp3) is 0. The molecule has 1 aliphatic rings. The number of carbonyl (C=O) groups excluding carboxylic acids is 2. The van der Waals surface area contributed by atoms with E-state index in [4.69, 9.17) is 13.1 Å². The molecular formula is C52H30N4O2. The van der Waals surface area contributed by atoms with Gasteiger partial charge in [-0.3, -0.25) is 9.59 Å². The largest absolute Gasteiger partial charge is 0.308 e. The standard InChI is InChI=1S/C52H30N4O2/c1-53-40-18-9-16-35(28-40)38-23-26-47-44(31-38)45-32-39(36-17-10-19-41(29-36)54-2)24-27-48(45)55(47)49-21-11-20-42-50(49)52(58)56(51(42)57)46-25-22-37(33-12-5-3-6-13-33)30-43(46)34-14-7-4-8-15-34/h3-32H. The SMILES string of the molecule is [C-]#[N+]c1cccc(-c2ccc3c(c2)c2cc(-c4cccc([N+]#[C-])c4)ccc2n3-c2cccc3c2C(=O)N(c2ccc(-c4ccccc4)cc2-c2ccccc2)C3=O)c1. The van der Waals surface area contributed by atoms with Crippen molar-refractivity contribution in [1.82, 2.24) is 4.57 Å². The van der Waals surface area contributed by atoms with Gasteiger partial charge < -0.3 is 4.57 Å². The zero-order valence-corrected chi connectivity index (χ0v) is 30.9. The van der Waals surface area contributed by atoms with Gasteiger partial charge >= 0.3 is 0 Å². The zero-order chi connectivity index (χ0) is 39.3. The average molecular weight is 743 g/mol. The van der Waals surface area contributed by atoms with Gasteiger partial charge in [0.2, 0.25) is 0 Å². The molecule has 2 amide bonds. The van der Waals surface area contributed by atoms with Crippen LogP contribution < -0.4 is 4.90 Å². The molecule has 2 heterocycles. The Morgan fingerprint density at radius 2 is 0.879 bits per heavy atom. The van der Waals surface area contributed by atoms with Crippen LogP contribution in [0.5, 0.6) is 0 Å². The molecule has 270 valence electrons. The van der Waals surface area contributed by atoms with E-state index in [2.05, 4.69) is 26.4 Å². The van der Waals surface area contributed by atoms with Gasteiger partial charge in [0.25, 0.3) is 11.8 Å². The van der Waals surface area contributed by atoms with Gasteiger partial charge in [0.1, 0.15) is 0 Å². The van der Waals surface area contributed by atoms with Crippen molar-refractivity contribution in [3.05, 3.63) is 216 Å². The summed E-state index contributed by atoms with van der Waals surface area (Å²) < 4.78 is 2.08. The number of aromatic nitrogens is 1. The molecule has 0 saturated carbocycles.